The lowest BCUT2D eigenvalue weighted by molar-refractivity contribution is 0.142. The molecule has 3 aromatic rings. The molecule has 4 rings (SSSR count). The molecule has 7 heteroatoms. The maximum atomic E-state index is 13.2. The predicted molar refractivity (Wildman–Crippen MR) is 120 cm³/mol. The number of nitrogens with one attached hydrogen (secondary N) is 1. The Balaban J connectivity index is 1.46. The number of terminal acetylenes is 1. The lowest BCUT2D eigenvalue weighted by Gasteiger charge is -2.19. The van der Waals surface area contributed by atoms with E-state index in [1.165, 1.54) is 0 Å². The quantitative estimate of drug-likeness (QED) is 0.450. The van der Waals surface area contributed by atoms with E-state index in [4.69, 9.17) is 11.2 Å². The average Bonchev–Trinajstić information content (AvgIpc) is 3.10. The number of halogens is 3. The molecule has 0 saturated heterocycles. The summed E-state index contributed by atoms with van der Waals surface area (Å²) >= 11 is 0. The number of carbonyl (C=O) groups is 1. The van der Waals surface area contributed by atoms with Crippen LogP contribution in [0.25, 0.3) is 11.1 Å². The number of ether oxygens (including phenoxy) is 1. The molecule has 3 aromatic carbocycles. The zero-order chi connectivity index (χ0) is 22.9. The molecule has 0 spiro atoms. The fourth-order valence-electron chi connectivity index (χ4n) is 4.14. The van der Waals surface area contributed by atoms with Gasteiger partial charge in [-0.2, -0.15) is 0 Å². The Kier molecular flexibility index (Phi) is 5.71. The molecule has 0 radical (unpaired) electrons. The molecular formula is C25H20BF3NO2-. The summed E-state index contributed by atoms with van der Waals surface area (Å²) in [6.07, 6.45) is 4.66. The zero-order valence-corrected chi connectivity index (χ0v) is 17.4. The van der Waals surface area contributed by atoms with Crippen molar-refractivity contribution in [1.29, 1.82) is 0 Å². The van der Waals surface area contributed by atoms with Crippen LogP contribution in [-0.4, -0.2) is 19.7 Å². The number of amides is 1. The Morgan fingerprint density at radius 1 is 1.06 bits per heavy atom. The van der Waals surface area contributed by atoms with Crippen LogP contribution in [0.2, 0.25) is 0 Å². The maximum absolute atomic E-state index is 13.2. The van der Waals surface area contributed by atoms with Gasteiger partial charge in [0.05, 0.1) is 0 Å². The normalized spacial score (nSPS) is 12.6. The SMILES string of the molecule is C#Cc1cc([B-](F)(F)F)cc(CNC(=O)OCC2c3ccccc3-c3ccccc32)c1C. The van der Waals surface area contributed by atoms with E-state index in [1.54, 1.807) is 6.92 Å². The van der Waals surface area contributed by atoms with E-state index in [0.29, 0.717) is 11.1 Å². The second kappa shape index (κ2) is 8.47. The van der Waals surface area contributed by atoms with E-state index < -0.39 is 18.5 Å². The number of hydrogen-bond acceptors (Lipinski definition) is 2. The summed E-state index contributed by atoms with van der Waals surface area (Å²) in [5.74, 6) is 2.18. The second-order valence-electron chi connectivity index (χ2n) is 7.75. The molecule has 0 fully saturated rings. The topological polar surface area (TPSA) is 38.3 Å². The molecule has 0 heterocycles. The average molecular weight is 434 g/mol. The third-order valence-electron chi connectivity index (χ3n) is 5.84. The van der Waals surface area contributed by atoms with Crippen LogP contribution in [0, 0.1) is 19.3 Å². The summed E-state index contributed by atoms with van der Waals surface area (Å²) in [7, 11) is 0. The van der Waals surface area contributed by atoms with Crippen molar-refractivity contribution in [3.05, 3.63) is 88.5 Å². The van der Waals surface area contributed by atoms with E-state index in [-0.39, 0.29) is 24.6 Å². The molecule has 32 heavy (non-hydrogen) atoms. The van der Waals surface area contributed by atoms with Gasteiger partial charge in [0.1, 0.15) is 6.61 Å². The van der Waals surface area contributed by atoms with Crippen molar-refractivity contribution < 1.29 is 22.5 Å². The monoisotopic (exact) mass is 434 g/mol. The fraction of sp³-hybridized carbons (Fsp3) is 0.160. The highest BCUT2D eigenvalue weighted by molar-refractivity contribution is 6.73. The molecule has 0 atom stereocenters. The first-order valence-electron chi connectivity index (χ1n) is 10.2. The van der Waals surface area contributed by atoms with E-state index >= 15 is 0 Å². The molecule has 0 aromatic heterocycles. The first kappa shape index (κ1) is 21.6. The smallest absolute Gasteiger partial charge is 0.449 e. The number of benzene rings is 3. The predicted octanol–water partition coefficient (Wildman–Crippen LogP) is 5.07. The molecule has 0 saturated carbocycles. The third kappa shape index (κ3) is 4.09. The van der Waals surface area contributed by atoms with Crippen molar-refractivity contribution >= 4 is 18.5 Å². The lowest BCUT2D eigenvalue weighted by Crippen LogP contribution is -2.35. The highest BCUT2D eigenvalue weighted by atomic mass is 19.4. The first-order valence-corrected chi connectivity index (χ1v) is 10.2. The largest absolute Gasteiger partial charge is 0.509 e. The Morgan fingerprint density at radius 2 is 1.66 bits per heavy atom. The van der Waals surface area contributed by atoms with Gasteiger partial charge in [-0.15, -0.1) is 11.9 Å². The minimum absolute atomic E-state index is 0.0980. The van der Waals surface area contributed by atoms with Crippen molar-refractivity contribution in [2.45, 2.75) is 19.4 Å². The van der Waals surface area contributed by atoms with Gasteiger partial charge in [0, 0.05) is 18.0 Å². The fourth-order valence-corrected chi connectivity index (χ4v) is 4.14. The van der Waals surface area contributed by atoms with Gasteiger partial charge in [0.2, 0.25) is 0 Å². The molecule has 1 amide bonds. The van der Waals surface area contributed by atoms with Gasteiger partial charge < -0.3 is 23.0 Å². The van der Waals surface area contributed by atoms with E-state index in [2.05, 4.69) is 11.2 Å². The molecule has 0 aliphatic heterocycles. The third-order valence-corrected chi connectivity index (χ3v) is 5.84. The van der Waals surface area contributed by atoms with Crippen LogP contribution in [-0.2, 0) is 11.3 Å². The number of fused-ring (bicyclic) bond motifs is 3. The van der Waals surface area contributed by atoms with Crippen molar-refractivity contribution in [2.24, 2.45) is 0 Å². The van der Waals surface area contributed by atoms with Gasteiger partial charge in [-0.05, 0) is 40.3 Å². The van der Waals surface area contributed by atoms with Crippen molar-refractivity contribution in [3.8, 4) is 23.5 Å². The summed E-state index contributed by atoms with van der Waals surface area (Å²) in [5, 5.41) is 2.55. The number of rotatable bonds is 5. The van der Waals surface area contributed by atoms with Gasteiger partial charge in [-0.1, -0.05) is 66.6 Å². The molecule has 0 unspecified atom stereocenters. The Hall–Kier alpha value is -3.66. The second-order valence-corrected chi connectivity index (χ2v) is 7.75. The van der Waals surface area contributed by atoms with Crippen LogP contribution in [0.3, 0.4) is 0 Å². The lowest BCUT2D eigenvalue weighted by atomic mass is 9.77. The van der Waals surface area contributed by atoms with Gasteiger partial charge >= 0.3 is 13.1 Å². The first-order chi connectivity index (χ1) is 15.3. The van der Waals surface area contributed by atoms with Crippen LogP contribution < -0.4 is 10.8 Å². The summed E-state index contributed by atoms with van der Waals surface area (Å²) in [5.41, 5.74) is 4.59. The summed E-state index contributed by atoms with van der Waals surface area (Å²) in [6.45, 7) is -3.56. The molecule has 3 nitrogen and oxygen atoms in total. The Morgan fingerprint density at radius 3 is 2.22 bits per heavy atom. The van der Waals surface area contributed by atoms with Crippen LogP contribution in [0.4, 0.5) is 17.7 Å². The van der Waals surface area contributed by atoms with Crippen LogP contribution in [0.5, 0.6) is 0 Å². The number of alkyl carbamates (subject to hydrolysis) is 1. The van der Waals surface area contributed by atoms with Crippen molar-refractivity contribution in [1.82, 2.24) is 5.32 Å². The molecule has 162 valence electrons. The number of carbonyl (C=O) groups excluding carboxylic acids is 1. The van der Waals surface area contributed by atoms with E-state index in [0.717, 1.165) is 34.4 Å². The standard InChI is InChI=1S/C25H20BF3NO2/c1-3-17-12-19(26(27,28)29)13-18(16(17)2)14-30-25(31)32-15-24-22-10-6-4-8-20(22)21-9-5-7-11-23(21)24/h1,4-13,24H,14-15H2,2H3,(H,30,31)/q-1. The van der Waals surface area contributed by atoms with Crippen molar-refractivity contribution in [2.75, 3.05) is 6.61 Å². The van der Waals surface area contributed by atoms with Crippen LogP contribution >= 0.6 is 0 Å². The van der Waals surface area contributed by atoms with E-state index in [9.17, 15) is 17.7 Å². The molecular weight excluding hydrogens is 414 g/mol. The van der Waals surface area contributed by atoms with Gasteiger partial charge in [-0.25, -0.2) is 4.79 Å². The molecule has 0 bridgehead atoms. The maximum Gasteiger partial charge on any atom is 0.509 e. The van der Waals surface area contributed by atoms with Crippen LogP contribution in [0.15, 0.2) is 60.7 Å². The van der Waals surface area contributed by atoms with E-state index in [1.807, 2.05) is 48.5 Å². The number of hydrogen-bond donors (Lipinski definition) is 1. The molecule has 1 N–H and O–H groups in total. The highest BCUT2D eigenvalue weighted by Crippen LogP contribution is 2.44. The minimum Gasteiger partial charge on any atom is -0.449 e. The summed E-state index contributed by atoms with van der Waals surface area (Å²) in [4.78, 5) is 12.4. The van der Waals surface area contributed by atoms with Crippen LogP contribution in [0.1, 0.15) is 33.7 Å². The molecule has 1 aliphatic carbocycles. The van der Waals surface area contributed by atoms with Gasteiger partial charge in [-0.3, -0.25) is 0 Å². The Labute approximate surface area is 184 Å². The minimum atomic E-state index is -5.21. The zero-order valence-electron chi connectivity index (χ0n) is 17.4. The highest BCUT2D eigenvalue weighted by Gasteiger charge is 2.29. The van der Waals surface area contributed by atoms with Crippen molar-refractivity contribution in [3.63, 3.8) is 0 Å². The summed E-state index contributed by atoms with van der Waals surface area (Å²) in [6, 6.07) is 17.9. The van der Waals surface area contributed by atoms with Gasteiger partial charge in [0.25, 0.3) is 0 Å². The summed E-state index contributed by atoms with van der Waals surface area (Å²) < 4.78 is 45.1. The Bertz CT molecular complexity index is 1190. The van der Waals surface area contributed by atoms with Gasteiger partial charge in [0.15, 0.2) is 0 Å². The molecule has 1 aliphatic rings.